The summed E-state index contributed by atoms with van der Waals surface area (Å²) >= 11 is 5.68. The summed E-state index contributed by atoms with van der Waals surface area (Å²) in [6, 6.07) is 4.94. The first-order valence-electron chi connectivity index (χ1n) is 6.54. The van der Waals surface area contributed by atoms with Crippen LogP contribution in [0.4, 0.5) is 4.39 Å². The molecule has 0 saturated heterocycles. The molecule has 5 heteroatoms. The Labute approximate surface area is 118 Å². The second-order valence-corrected chi connectivity index (χ2v) is 5.67. The van der Waals surface area contributed by atoms with Gasteiger partial charge < -0.3 is 4.74 Å². The molecule has 0 aromatic heterocycles. The first kappa shape index (κ1) is 14.7. The molecule has 1 aromatic carbocycles. The lowest BCUT2D eigenvalue weighted by atomic mass is 9.75. The van der Waals surface area contributed by atoms with Gasteiger partial charge in [-0.3, -0.25) is 11.3 Å². The lowest BCUT2D eigenvalue weighted by molar-refractivity contribution is -0.0834. The van der Waals surface area contributed by atoms with E-state index in [1.165, 1.54) is 12.5 Å². The summed E-state index contributed by atoms with van der Waals surface area (Å²) in [5.74, 6) is 5.22. The van der Waals surface area contributed by atoms with Crippen LogP contribution in [0.5, 0.6) is 0 Å². The third-order valence-corrected chi connectivity index (χ3v) is 4.32. The van der Waals surface area contributed by atoms with E-state index in [1.54, 1.807) is 13.2 Å². The molecule has 1 saturated carbocycles. The predicted octanol–water partition coefficient (Wildman–Crippen LogP) is 2.81. The van der Waals surface area contributed by atoms with E-state index in [0.29, 0.717) is 6.42 Å². The standard InChI is InChI=1S/C14H20ClFN2O/c1-19-14(5-2-6-14)9-11(18-17)7-10-3-4-12(15)13(16)8-10/h3-4,8,11,18H,2,5-7,9,17H2,1H3. The number of halogens is 2. The number of methoxy groups -OCH3 is 1. The summed E-state index contributed by atoms with van der Waals surface area (Å²) in [5, 5.41) is 0.147. The summed E-state index contributed by atoms with van der Waals surface area (Å²) in [5.41, 5.74) is 3.64. The molecule has 1 aromatic rings. The van der Waals surface area contributed by atoms with E-state index in [-0.39, 0.29) is 22.5 Å². The van der Waals surface area contributed by atoms with Gasteiger partial charge in [0.15, 0.2) is 0 Å². The highest BCUT2D eigenvalue weighted by molar-refractivity contribution is 6.30. The Kier molecular flexibility index (Phi) is 4.79. The van der Waals surface area contributed by atoms with Crippen LogP contribution in [-0.2, 0) is 11.2 Å². The maximum Gasteiger partial charge on any atom is 0.142 e. The van der Waals surface area contributed by atoms with Crippen molar-refractivity contribution < 1.29 is 9.13 Å². The third kappa shape index (κ3) is 3.45. The van der Waals surface area contributed by atoms with E-state index in [2.05, 4.69) is 5.43 Å². The minimum Gasteiger partial charge on any atom is -0.378 e. The Hall–Kier alpha value is -0.680. The summed E-state index contributed by atoms with van der Waals surface area (Å²) in [4.78, 5) is 0. The van der Waals surface area contributed by atoms with Crippen LogP contribution in [0.3, 0.4) is 0 Å². The largest absolute Gasteiger partial charge is 0.378 e. The van der Waals surface area contributed by atoms with Gasteiger partial charge in [-0.2, -0.15) is 0 Å². The molecule has 106 valence electrons. The molecule has 0 bridgehead atoms. The number of hydrogen-bond donors (Lipinski definition) is 2. The van der Waals surface area contributed by atoms with Gasteiger partial charge in [0.2, 0.25) is 0 Å². The Morgan fingerprint density at radius 1 is 1.53 bits per heavy atom. The minimum atomic E-state index is -0.389. The highest BCUT2D eigenvalue weighted by Crippen LogP contribution is 2.39. The molecular formula is C14H20ClFN2O. The second kappa shape index (κ2) is 6.18. The molecule has 19 heavy (non-hydrogen) atoms. The van der Waals surface area contributed by atoms with Crippen molar-refractivity contribution in [3.63, 3.8) is 0 Å². The van der Waals surface area contributed by atoms with Crippen LogP contribution in [0.15, 0.2) is 18.2 Å². The first-order valence-corrected chi connectivity index (χ1v) is 6.91. The maximum atomic E-state index is 13.4. The van der Waals surface area contributed by atoms with Gasteiger partial charge in [0.1, 0.15) is 5.82 Å². The number of nitrogens with one attached hydrogen (secondary N) is 1. The maximum absolute atomic E-state index is 13.4. The van der Waals surface area contributed by atoms with Crippen molar-refractivity contribution in [1.29, 1.82) is 0 Å². The van der Waals surface area contributed by atoms with Crippen molar-refractivity contribution in [1.82, 2.24) is 5.43 Å². The van der Waals surface area contributed by atoms with Crippen LogP contribution in [0.1, 0.15) is 31.2 Å². The first-order chi connectivity index (χ1) is 9.08. The van der Waals surface area contributed by atoms with E-state index in [4.69, 9.17) is 22.2 Å². The van der Waals surface area contributed by atoms with Crippen molar-refractivity contribution in [2.24, 2.45) is 5.84 Å². The second-order valence-electron chi connectivity index (χ2n) is 5.26. The molecule has 3 N–H and O–H groups in total. The molecule has 0 spiro atoms. The van der Waals surface area contributed by atoms with Gasteiger partial charge in [-0.05, 0) is 49.8 Å². The van der Waals surface area contributed by atoms with Crippen molar-refractivity contribution in [3.8, 4) is 0 Å². The number of nitrogens with two attached hydrogens (primary N) is 1. The Morgan fingerprint density at radius 3 is 2.74 bits per heavy atom. The molecule has 1 aliphatic carbocycles. The number of hydrogen-bond acceptors (Lipinski definition) is 3. The Balaban J connectivity index is 2.00. The number of rotatable bonds is 6. The van der Waals surface area contributed by atoms with Gasteiger partial charge >= 0.3 is 0 Å². The van der Waals surface area contributed by atoms with Crippen LogP contribution in [0, 0.1) is 5.82 Å². The molecule has 0 radical (unpaired) electrons. The van der Waals surface area contributed by atoms with Gasteiger partial charge in [0.25, 0.3) is 0 Å². The number of ether oxygens (including phenoxy) is 1. The van der Waals surface area contributed by atoms with E-state index >= 15 is 0 Å². The molecule has 1 aliphatic rings. The van der Waals surface area contributed by atoms with Gasteiger partial charge in [0.05, 0.1) is 10.6 Å². The zero-order valence-electron chi connectivity index (χ0n) is 11.1. The van der Waals surface area contributed by atoms with Crippen molar-refractivity contribution >= 4 is 11.6 Å². The smallest absolute Gasteiger partial charge is 0.142 e. The third-order valence-electron chi connectivity index (χ3n) is 4.02. The zero-order chi connectivity index (χ0) is 13.9. The molecule has 1 fully saturated rings. The Bertz CT molecular complexity index is 432. The monoisotopic (exact) mass is 286 g/mol. The lowest BCUT2D eigenvalue weighted by Crippen LogP contribution is -2.48. The van der Waals surface area contributed by atoms with E-state index in [0.717, 1.165) is 24.8 Å². The molecule has 0 amide bonds. The van der Waals surface area contributed by atoms with Crippen LogP contribution in [0.25, 0.3) is 0 Å². The topological polar surface area (TPSA) is 47.3 Å². The summed E-state index contributed by atoms with van der Waals surface area (Å²) in [6.07, 6.45) is 4.83. The van der Waals surface area contributed by atoms with E-state index in [9.17, 15) is 4.39 Å². The molecule has 1 unspecified atom stereocenters. The Morgan fingerprint density at radius 2 is 2.26 bits per heavy atom. The minimum absolute atomic E-state index is 0.0536. The molecular weight excluding hydrogens is 267 g/mol. The van der Waals surface area contributed by atoms with Crippen LogP contribution in [0.2, 0.25) is 5.02 Å². The van der Waals surface area contributed by atoms with Crippen molar-refractivity contribution in [2.75, 3.05) is 7.11 Å². The van der Waals surface area contributed by atoms with E-state index < -0.39 is 0 Å². The average Bonchev–Trinajstić information content (AvgIpc) is 2.36. The molecule has 0 heterocycles. The zero-order valence-corrected chi connectivity index (χ0v) is 11.8. The van der Waals surface area contributed by atoms with Crippen LogP contribution in [-0.4, -0.2) is 18.8 Å². The highest BCUT2D eigenvalue weighted by Gasteiger charge is 2.38. The van der Waals surface area contributed by atoms with Crippen LogP contribution < -0.4 is 11.3 Å². The molecule has 2 rings (SSSR count). The van der Waals surface area contributed by atoms with Crippen molar-refractivity contribution in [3.05, 3.63) is 34.6 Å². The predicted molar refractivity (Wildman–Crippen MR) is 74.4 cm³/mol. The fourth-order valence-corrected chi connectivity index (χ4v) is 2.77. The normalized spacial score (nSPS) is 18.9. The van der Waals surface area contributed by atoms with Gasteiger partial charge in [0, 0.05) is 13.2 Å². The SMILES string of the molecule is COC1(CC(Cc2ccc(Cl)c(F)c2)NN)CCC1. The number of hydrazine groups is 1. The van der Waals surface area contributed by atoms with Gasteiger partial charge in [-0.15, -0.1) is 0 Å². The van der Waals surface area contributed by atoms with Gasteiger partial charge in [-0.1, -0.05) is 17.7 Å². The summed E-state index contributed by atoms with van der Waals surface area (Å²) in [7, 11) is 1.74. The molecule has 1 atom stereocenters. The molecule has 3 nitrogen and oxygen atoms in total. The van der Waals surface area contributed by atoms with Gasteiger partial charge in [-0.25, -0.2) is 4.39 Å². The number of benzene rings is 1. The fraction of sp³-hybridized carbons (Fsp3) is 0.571. The van der Waals surface area contributed by atoms with Crippen LogP contribution >= 0.6 is 11.6 Å². The quantitative estimate of drug-likeness (QED) is 0.624. The molecule has 0 aliphatic heterocycles. The summed E-state index contributed by atoms with van der Waals surface area (Å²) in [6.45, 7) is 0. The van der Waals surface area contributed by atoms with Crippen molar-refractivity contribution in [2.45, 2.75) is 43.7 Å². The average molecular weight is 287 g/mol. The highest BCUT2D eigenvalue weighted by atomic mass is 35.5. The van der Waals surface area contributed by atoms with E-state index in [1.807, 2.05) is 6.07 Å². The fourth-order valence-electron chi connectivity index (χ4n) is 2.65. The lowest BCUT2D eigenvalue weighted by Gasteiger charge is -2.42. The summed E-state index contributed by atoms with van der Waals surface area (Å²) < 4.78 is 19.0.